The fourth-order valence-electron chi connectivity index (χ4n) is 1.31. The lowest BCUT2D eigenvalue weighted by atomic mass is 10.1. The Morgan fingerprint density at radius 1 is 1.11 bits per heavy atom. The number of ether oxygens (including phenoxy) is 3. The Morgan fingerprint density at radius 3 is 2.11 bits per heavy atom. The Bertz CT molecular complexity index is 410. The Kier molecular flexibility index (Phi) is 5.48. The highest BCUT2D eigenvalue weighted by molar-refractivity contribution is 5.96. The minimum atomic E-state index is -0.741. The van der Waals surface area contributed by atoms with Crippen LogP contribution in [-0.4, -0.2) is 38.9 Å². The largest absolute Gasteiger partial charge is 0.430 e. The summed E-state index contributed by atoms with van der Waals surface area (Å²) in [6, 6.07) is 6.24. The van der Waals surface area contributed by atoms with Gasteiger partial charge < -0.3 is 14.2 Å². The SMILES string of the molecule is COCC(OC)OC(=O)c1ccc(C(C)=O)cc1. The maximum Gasteiger partial charge on any atom is 0.340 e. The maximum absolute atomic E-state index is 11.7. The average molecular weight is 252 g/mol. The molecule has 0 saturated carbocycles. The molecule has 18 heavy (non-hydrogen) atoms. The first kappa shape index (κ1) is 14.3. The lowest BCUT2D eigenvalue weighted by Crippen LogP contribution is -2.24. The van der Waals surface area contributed by atoms with Gasteiger partial charge in [0.15, 0.2) is 5.78 Å². The normalized spacial score (nSPS) is 11.9. The third-order valence-electron chi connectivity index (χ3n) is 2.33. The van der Waals surface area contributed by atoms with Crippen molar-refractivity contribution in [1.82, 2.24) is 0 Å². The van der Waals surface area contributed by atoms with Crippen molar-refractivity contribution in [2.24, 2.45) is 0 Å². The molecular weight excluding hydrogens is 236 g/mol. The summed E-state index contributed by atoms with van der Waals surface area (Å²) < 4.78 is 14.8. The fourth-order valence-corrected chi connectivity index (χ4v) is 1.31. The highest BCUT2D eigenvalue weighted by Gasteiger charge is 2.15. The fraction of sp³-hybridized carbons (Fsp3) is 0.385. The molecule has 0 spiro atoms. The lowest BCUT2D eigenvalue weighted by molar-refractivity contribution is -0.120. The van der Waals surface area contributed by atoms with Crippen LogP contribution in [0.3, 0.4) is 0 Å². The van der Waals surface area contributed by atoms with E-state index in [1.54, 1.807) is 24.3 Å². The molecule has 0 aliphatic rings. The van der Waals surface area contributed by atoms with Crippen LogP contribution in [0.2, 0.25) is 0 Å². The van der Waals surface area contributed by atoms with Gasteiger partial charge in [-0.05, 0) is 19.1 Å². The number of esters is 1. The van der Waals surface area contributed by atoms with Crippen molar-refractivity contribution in [2.45, 2.75) is 13.2 Å². The van der Waals surface area contributed by atoms with E-state index < -0.39 is 12.3 Å². The highest BCUT2D eigenvalue weighted by atomic mass is 16.7. The van der Waals surface area contributed by atoms with E-state index in [1.165, 1.54) is 21.1 Å². The van der Waals surface area contributed by atoms with Gasteiger partial charge in [-0.3, -0.25) is 4.79 Å². The first-order valence-corrected chi connectivity index (χ1v) is 5.42. The summed E-state index contributed by atoms with van der Waals surface area (Å²) in [5.74, 6) is -0.571. The number of methoxy groups -OCH3 is 2. The first-order chi connectivity index (χ1) is 8.58. The van der Waals surface area contributed by atoms with Gasteiger partial charge in [0.2, 0.25) is 6.29 Å². The van der Waals surface area contributed by atoms with E-state index in [-0.39, 0.29) is 12.4 Å². The minimum absolute atomic E-state index is 0.0518. The zero-order valence-corrected chi connectivity index (χ0v) is 10.6. The van der Waals surface area contributed by atoms with Crippen molar-refractivity contribution in [3.8, 4) is 0 Å². The predicted molar refractivity (Wildman–Crippen MR) is 64.5 cm³/mol. The summed E-state index contributed by atoms with van der Waals surface area (Å²) in [6.45, 7) is 1.63. The molecule has 0 amide bonds. The van der Waals surface area contributed by atoms with Crippen molar-refractivity contribution in [1.29, 1.82) is 0 Å². The summed E-state index contributed by atoms with van der Waals surface area (Å²) in [7, 11) is 2.91. The minimum Gasteiger partial charge on any atom is -0.430 e. The molecule has 0 aromatic heterocycles. The van der Waals surface area contributed by atoms with E-state index >= 15 is 0 Å². The van der Waals surface area contributed by atoms with Crippen molar-refractivity contribution >= 4 is 11.8 Å². The zero-order valence-electron chi connectivity index (χ0n) is 10.6. The molecule has 0 bridgehead atoms. The predicted octanol–water partition coefficient (Wildman–Crippen LogP) is 1.66. The number of hydrogen-bond acceptors (Lipinski definition) is 5. The smallest absolute Gasteiger partial charge is 0.340 e. The van der Waals surface area contributed by atoms with Gasteiger partial charge in [0.05, 0.1) is 5.56 Å². The average Bonchev–Trinajstić information content (AvgIpc) is 2.38. The summed E-state index contributed by atoms with van der Waals surface area (Å²) in [4.78, 5) is 22.8. The Morgan fingerprint density at radius 2 is 1.67 bits per heavy atom. The van der Waals surface area contributed by atoms with Gasteiger partial charge in [0.25, 0.3) is 0 Å². The van der Waals surface area contributed by atoms with E-state index in [0.717, 1.165) is 0 Å². The lowest BCUT2D eigenvalue weighted by Gasteiger charge is -2.15. The number of ketones is 1. The van der Waals surface area contributed by atoms with Crippen LogP contribution in [0.15, 0.2) is 24.3 Å². The molecule has 1 aromatic carbocycles. The number of carbonyl (C=O) groups is 2. The zero-order chi connectivity index (χ0) is 13.5. The standard InChI is InChI=1S/C13H16O5/c1-9(14)10-4-6-11(7-5-10)13(15)18-12(17-3)8-16-2/h4-7,12H,8H2,1-3H3. The van der Waals surface area contributed by atoms with E-state index in [4.69, 9.17) is 14.2 Å². The van der Waals surface area contributed by atoms with Crippen LogP contribution in [0.5, 0.6) is 0 Å². The van der Waals surface area contributed by atoms with Crippen molar-refractivity contribution in [2.75, 3.05) is 20.8 Å². The molecule has 98 valence electrons. The van der Waals surface area contributed by atoms with E-state index in [9.17, 15) is 9.59 Å². The van der Waals surface area contributed by atoms with Gasteiger partial charge >= 0.3 is 5.97 Å². The molecular formula is C13H16O5. The molecule has 1 unspecified atom stereocenters. The summed E-state index contributed by atoms with van der Waals surface area (Å²) in [6.07, 6.45) is -0.741. The Labute approximate surface area is 106 Å². The molecule has 5 heteroatoms. The van der Waals surface area contributed by atoms with Crippen LogP contribution in [0.1, 0.15) is 27.6 Å². The third-order valence-corrected chi connectivity index (χ3v) is 2.33. The van der Waals surface area contributed by atoms with Gasteiger partial charge in [-0.25, -0.2) is 4.79 Å². The van der Waals surface area contributed by atoms with Gasteiger partial charge in [0.1, 0.15) is 6.61 Å². The monoisotopic (exact) mass is 252 g/mol. The second-order valence-electron chi connectivity index (χ2n) is 3.66. The highest BCUT2D eigenvalue weighted by Crippen LogP contribution is 2.08. The van der Waals surface area contributed by atoms with Crippen LogP contribution in [0.25, 0.3) is 0 Å². The van der Waals surface area contributed by atoms with Gasteiger partial charge in [-0.2, -0.15) is 0 Å². The van der Waals surface area contributed by atoms with Gasteiger partial charge in [-0.1, -0.05) is 12.1 Å². The molecule has 0 aliphatic heterocycles. The summed E-state index contributed by atoms with van der Waals surface area (Å²) in [5, 5.41) is 0. The van der Waals surface area contributed by atoms with E-state index in [0.29, 0.717) is 11.1 Å². The van der Waals surface area contributed by atoms with E-state index in [1.807, 2.05) is 0 Å². The van der Waals surface area contributed by atoms with Gasteiger partial charge in [-0.15, -0.1) is 0 Å². The molecule has 0 aliphatic carbocycles. The van der Waals surface area contributed by atoms with Crippen molar-refractivity contribution < 1.29 is 23.8 Å². The molecule has 5 nitrogen and oxygen atoms in total. The second-order valence-corrected chi connectivity index (χ2v) is 3.66. The first-order valence-electron chi connectivity index (χ1n) is 5.42. The van der Waals surface area contributed by atoms with Crippen LogP contribution in [0.4, 0.5) is 0 Å². The third kappa shape index (κ3) is 3.94. The molecule has 1 aromatic rings. The second kappa shape index (κ2) is 6.88. The molecule has 0 radical (unpaired) electrons. The number of Topliss-reactive ketones (excluding diaryl/α,β-unsaturated/α-hetero) is 1. The molecule has 0 fully saturated rings. The van der Waals surface area contributed by atoms with Gasteiger partial charge in [0, 0.05) is 19.8 Å². The number of rotatable bonds is 6. The van der Waals surface area contributed by atoms with Crippen LogP contribution >= 0.6 is 0 Å². The Balaban J connectivity index is 2.69. The Hall–Kier alpha value is -1.72. The van der Waals surface area contributed by atoms with Crippen LogP contribution < -0.4 is 0 Å². The topological polar surface area (TPSA) is 61.8 Å². The van der Waals surface area contributed by atoms with Crippen LogP contribution in [0, 0.1) is 0 Å². The number of carbonyl (C=O) groups excluding carboxylic acids is 2. The maximum atomic E-state index is 11.7. The summed E-state index contributed by atoms with van der Waals surface area (Å²) in [5.41, 5.74) is 0.907. The molecule has 0 N–H and O–H groups in total. The molecule has 1 atom stereocenters. The quantitative estimate of drug-likeness (QED) is 0.438. The van der Waals surface area contributed by atoms with Crippen LogP contribution in [-0.2, 0) is 14.2 Å². The summed E-state index contributed by atoms with van der Waals surface area (Å²) >= 11 is 0. The molecule has 0 heterocycles. The number of hydrogen-bond donors (Lipinski definition) is 0. The van der Waals surface area contributed by atoms with Crippen molar-refractivity contribution in [3.05, 3.63) is 35.4 Å². The molecule has 0 saturated heterocycles. The molecule has 1 rings (SSSR count). The number of benzene rings is 1. The van der Waals surface area contributed by atoms with Crippen molar-refractivity contribution in [3.63, 3.8) is 0 Å². The van der Waals surface area contributed by atoms with E-state index in [2.05, 4.69) is 0 Å².